The van der Waals surface area contributed by atoms with Gasteiger partial charge in [0.15, 0.2) is 0 Å². The van der Waals surface area contributed by atoms with Crippen molar-refractivity contribution in [2.24, 2.45) is 5.92 Å². The molecular formula is C14H19N5. The van der Waals surface area contributed by atoms with Crippen LogP contribution in [0.25, 0.3) is 5.78 Å². The average molecular weight is 257 g/mol. The monoisotopic (exact) mass is 257 g/mol. The number of rotatable bonds is 2. The van der Waals surface area contributed by atoms with Gasteiger partial charge in [-0.25, -0.2) is 4.98 Å². The fraction of sp³-hybridized carbons (Fsp3) is 0.643. The first-order valence-electron chi connectivity index (χ1n) is 7.12. The van der Waals surface area contributed by atoms with Crippen LogP contribution in [0.5, 0.6) is 0 Å². The van der Waals surface area contributed by atoms with E-state index in [1.54, 1.807) is 6.33 Å². The number of anilines is 1. The van der Waals surface area contributed by atoms with Gasteiger partial charge in [-0.15, -0.1) is 0 Å². The zero-order chi connectivity index (χ0) is 13.1. The van der Waals surface area contributed by atoms with Gasteiger partial charge in [0.1, 0.15) is 12.1 Å². The fourth-order valence-electron chi connectivity index (χ4n) is 3.69. The molecule has 2 aromatic heterocycles. The highest BCUT2D eigenvalue weighted by Gasteiger charge is 2.44. The number of nitrogens with zero attached hydrogens (tertiary/aromatic N) is 5. The third-order valence-corrected chi connectivity index (χ3v) is 4.58. The van der Waals surface area contributed by atoms with Crippen LogP contribution < -0.4 is 4.90 Å². The molecule has 0 N–H and O–H groups in total. The van der Waals surface area contributed by atoms with Crippen molar-refractivity contribution in [2.75, 3.05) is 11.4 Å². The number of aryl methyl sites for hydroxylation is 1. The fourth-order valence-corrected chi connectivity index (χ4v) is 3.69. The Kier molecular flexibility index (Phi) is 2.17. The molecule has 5 rings (SSSR count). The van der Waals surface area contributed by atoms with Gasteiger partial charge in [-0.1, -0.05) is 13.8 Å². The molecule has 2 aromatic rings. The summed E-state index contributed by atoms with van der Waals surface area (Å²) in [5.74, 6) is 3.30. The molecule has 0 aromatic carbocycles. The molecule has 0 unspecified atom stereocenters. The van der Waals surface area contributed by atoms with E-state index in [0.29, 0.717) is 12.0 Å². The molecular weight excluding hydrogens is 238 g/mol. The lowest BCUT2D eigenvalue weighted by atomic mass is 9.86. The number of hydrogen-bond donors (Lipinski definition) is 0. The normalized spacial score (nSPS) is 25.4. The molecule has 3 aliphatic rings. The largest absolute Gasteiger partial charge is 0.353 e. The minimum atomic E-state index is 0.453. The van der Waals surface area contributed by atoms with E-state index >= 15 is 0 Å². The van der Waals surface area contributed by atoms with Gasteiger partial charge >= 0.3 is 0 Å². The van der Waals surface area contributed by atoms with Crippen LogP contribution in [0.4, 0.5) is 5.82 Å². The lowest BCUT2D eigenvalue weighted by Gasteiger charge is -2.30. The van der Waals surface area contributed by atoms with E-state index in [-0.39, 0.29) is 0 Å². The predicted octanol–water partition coefficient (Wildman–Crippen LogP) is 2.15. The molecule has 5 heteroatoms. The van der Waals surface area contributed by atoms with Gasteiger partial charge in [-0.2, -0.15) is 14.6 Å². The molecule has 0 atom stereocenters. The molecule has 100 valence electrons. The Hall–Kier alpha value is -1.65. The first-order valence-corrected chi connectivity index (χ1v) is 7.12. The summed E-state index contributed by atoms with van der Waals surface area (Å²) in [5, 5.41) is 4.40. The van der Waals surface area contributed by atoms with Crippen molar-refractivity contribution in [3.8, 4) is 0 Å². The minimum absolute atomic E-state index is 0.453. The van der Waals surface area contributed by atoms with E-state index in [9.17, 15) is 0 Å². The molecule has 0 spiro atoms. The number of fused-ring (bicyclic) bond motifs is 2. The maximum atomic E-state index is 4.59. The molecule has 5 nitrogen and oxygen atoms in total. The van der Waals surface area contributed by atoms with Crippen LogP contribution in [-0.4, -0.2) is 32.2 Å². The van der Waals surface area contributed by atoms with Gasteiger partial charge in [0.2, 0.25) is 0 Å². The highest BCUT2D eigenvalue weighted by atomic mass is 15.4. The summed E-state index contributed by atoms with van der Waals surface area (Å²) in [6.07, 6.45) is 4.29. The lowest BCUT2D eigenvalue weighted by molar-refractivity contribution is 0.380. The standard InChI is InChI=1S/C14H19N5/c1-8(2)12-9(3)17-14-15-7-16-19(14)13(12)18-6-10-4-11(18)5-10/h7-8,10-11H,4-6H2,1-3H3. The summed E-state index contributed by atoms with van der Waals surface area (Å²) in [7, 11) is 0. The van der Waals surface area contributed by atoms with Gasteiger partial charge in [0, 0.05) is 23.8 Å². The SMILES string of the molecule is Cc1nc2ncnn2c(N2CC3CC2C3)c1C(C)C. The zero-order valence-corrected chi connectivity index (χ0v) is 11.7. The predicted molar refractivity (Wildman–Crippen MR) is 73.5 cm³/mol. The first kappa shape index (κ1) is 11.2. The maximum Gasteiger partial charge on any atom is 0.254 e. The Balaban J connectivity index is 1.99. The van der Waals surface area contributed by atoms with Crippen molar-refractivity contribution in [2.45, 2.75) is 45.6 Å². The van der Waals surface area contributed by atoms with Gasteiger partial charge < -0.3 is 4.90 Å². The lowest BCUT2D eigenvalue weighted by Crippen LogP contribution is -2.31. The summed E-state index contributed by atoms with van der Waals surface area (Å²) < 4.78 is 1.93. The highest BCUT2D eigenvalue weighted by molar-refractivity contribution is 5.58. The van der Waals surface area contributed by atoms with E-state index in [4.69, 9.17) is 0 Å². The Bertz CT molecular complexity index is 639. The zero-order valence-electron chi connectivity index (χ0n) is 11.7. The summed E-state index contributed by atoms with van der Waals surface area (Å²) in [6, 6.07) is 0.705. The molecule has 2 saturated heterocycles. The quantitative estimate of drug-likeness (QED) is 0.827. The Morgan fingerprint density at radius 1 is 1.32 bits per heavy atom. The van der Waals surface area contributed by atoms with Crippen LogP contribution in [0.1, 0.15) is 43.9 Å². The second kappa shape index (κ2) is 3.68. The topological polar surface area (TPSA) is 46.3 Å². The Morgan fingerprint density at radius 3 is 2.74 bits per heavy atom. The molecule has 0 amide bonds. The summed E-state index contributed by atoms with van der Waals surface area (Å²) in [5.41, 5.74) is 2.42. The average Bonchev–Trinajstić information content (AvgIpc) is 2.98. The van der Waals surface area contributed by atoms with Crippen LogP contribution in [0.3, 0.4) is 0 Å². The molecule has 4 heterocycles. The highest BCUT2D eigenvalue weighted by Crippen LogP contribution is 2.45. The third-order valence-electron chi connectivity index (χ3n) is 4.58. The summed E-state index contributed by atoms with van der Waals surface area (Å²) in [4.78, 5) is 11.4. The second-order valence-electron chi connectivity index (χ2n) is 6.20. The van der Waals surface area contributed by atoms with Crippen molar-refractivity contribution < 1.29 is 0 Å². The van der Waals surface area contributed by atoms with E-state index < -0.39 is 0 Å². The minimum Gasteiger partial charge on any atom is -0.353 e. The van der Waals surface area contributed by atoms with Crippen LogP contribution in [0.2, 0.25) is 0 Å². The maximum absolute atomic E-state index is 4.59. The summed E-state index contributed by atoms with van der Waals surface area (Å²) in [6.45, 7) is 7.73. The summed E-state index contributed by atoms with van der Waals surface area (Å²) >= 11 is 0. The van der Waals surface area contributed by atoms with Crippen molar-refractivity contribution in [1.82, 2.24) is 19.6 Å². The number of aromatic nitrogens is 4. The van der Waals surface area contributed by atoms with Crippen LogP contribution in [0.15, 0.2) is 6.33 Å². The third kappa shape index (κ3) is 1.44. The van der Waals surface area contributed by atoms with Crippen molar-refractivity contribution in [3.63, 3.8) is 0 Å². The van der Waals surface area contributed by atoms with E-state index in [2.05, 4.69) is 40.7 Å². The van der Waals surface area contributed by atoms with Crippen molar-refractivity contribution in [1.29, 1.82) is 0 Å². The molecule has 2 aliphatic heterocycles. The van der Waals surface area contributed by atoms with Gasteiger partial charge in [-0.3, -0.25) is 0 Å². The molecule has 19 heavy (non-hydrogen) atoms. The van der Waals surface area contributed by atoms with Gasteiger partial charge in [0.05, 0.1) is 0 Å². The van der Waals surface area contributed by atoms with Gasteiger partial charge in [0.25, 0.3) is 5.78 Å². The number of hydrogen-bond acceptors (Lipinski definition) is 4. The smallest absolute Gasteiger partial charge is 0.254 e. The Morgan fingerprint density at radius 2 is 2.11 bits per heavy atom. The van der Waals surface area contributed by atoms with Crippen LogP contribution >= 0.6 is 0 Å². The van der Waals surface area contributed by atoms with Crippen LogP contribution in [0, 0.1) is 12.8 Å². The molecule has 0 radical (unpaired) electrons. The molecule has 2 bridgehead atoms. The molecule has 1 aliphatic carbocycles. The van der Waals surface area contributed by atoms with Crippen molar-refractivity contribution >= 4 is 11.6 Å². The van der Waals surface area contributed by atoms with E-state index in [1.807, 2.05) is 4.52 Å². The van der Waals surface area contributed by atoms with E-state index in [0.717, 1.165) is 17.4 Å². The molecule has 3 fully saturated rings. The van der Waals surface area contributed by atoms with Crippen LogP contribution in [-0.2, 0) is 0 Å². The molecule has 1 saturated carbocycles. The van der Waals surface area contributed by atoms with Crippen molar-refractivity contribution in [3.05, 3.63) is 17.6 Å². The Labute approximate surface area is 112 Å². The first-order chi connectivity index (χ1) is 9.15. The second-order valence-corrected chi connectivity index (χ2v) is 6.20. The van der Waals surface area contributed by atoms with E-state index in [1.165, 1.54) is 30.8 Å². The van der Waals surface area contributed by atoms with Gasteiger partial charge in [-0.05, 0) is 31.6 Å².